The van der Waals surface area contributed by atoms with Crippen LogP contribution in [0.5, 0.6) is 0 Å². The topological polar surface area (TPSA) is 52.6 Å². The normalized spacial score (nSPS) is 10.1. The zero-order chi connectivity index (χ0) is 14.3. The van der Waals surface area contributed by atoms with E-state index in [1.165, 1.54) is 0 Å². The van der Waals surface area contributed by atoms with Gasteiger partial charge in [-0.05, 0) is 44.0 Å². The Morgan fingerprint density at radius 1 is 1.16 bits per heavy atom. The Bertz CT molecular complexity index is 457. The van der Waals surface area contributed by atoms with Crippen LogP contribution in [0.1, 0.15) is 36.2 Å². The lowest BCUT2D eigenvalue weighted by Gasteiger charge is -2.07. The van der Waals surface area contributed by atoms with Crippen molar-refractivity contribution in [2.24, 2.45) is 0 Å². The Hall–Kier alpha value is -1.55. The van der Waals surface area contributed by atoms with Gasteiger partial charge in [-0.1, -0.05) is 11.6 Å². The molecule has 0 N–H and O–H groups in total. The van der Waals surface area contributed by atoms with Gasteiger partial charge in [-0.2, -0.15) is 0 Å². The van der Waals surface area contributed by atoms with E-state index in [2.05, 4.69) is 0 Å². The van der Waals surface area contributed by atoms with Crippen molar-refractivity contribution >= 4 is 23.5 Å². The van der Waals surface area contributed by atoms with Gasteiger partial charge in [0.05, 0.1) is 18.8 Å². The van der Waals surface area contributed by atoms with Gasteiger partial charge in [0, 0.05) is 11.4 Å². The second-order valence-corrected chi connectivity index (χ2v) is 4.24. The molecule has 1 aromatic carbocycles. The van der Waals surface area contributed by atoms with E-state index in [0.29, 0.717) is 30.2 Å². The molecular formula is C14H17ClO4. The fourth-order valence-corrected chi connectivity index (χ4v) is 1.79. The predicted octanol–water partition coefficient (Wildman–Crippen LogP) is 3.01. The molecule has 0 saturated heterocycles. The number of aryl methyl sites for hydroxylation is 1. The van der Waals surface area contributed by atoms with Crippen LogP contribution in [-0.4, -0.2) is 25.2 Å². The molecule has 0 unspecified atom stereocenters. The molecule has 1 aromatic rings. The standard InChI is InChI=1S/C14H17ClO4/c1-3-18-13(16)8-6-10-9-11(5-7-12(10)15)14(17)19-4-2/h5,7,9H,3-4,6,8H2,1-2H3. The van der Waals surface area contributed by atoms with E-state index in [1.807, 2.05) is 0 Å². The number of hydrogen-bond donors (Lipinski definition) is 0. The molecule has 0 saturated carbocycles. The summed E-state index contributed by atoms with van der Waals surface area (Å²) in [4.78, 5) is 22.9. The smallest absolute Gasteiger partial charge is 0.338 e. The van der Waals surface area contributed by atoms with Crippen LogP contribution in [-0.2, 0) is 20.7 Å². The maximum atomic E-state index is 11.6. The highest BCUT2D eigenvalue weighted by atomic mass is 35.5. The third-order valence-corrected chi connectivity index (χ3v) is 2.83. The lowest BCUT2D eigenvalue weighted by molar-refractivity contribution is -0.143. The maximum absolute atomic E-state index is 11.6. The number of halogens is 1. The minimum Gasteiger partial charge on any atom is -0.466 e. The first-order valence-corrected chi connectivity index (χ1v) is 6.57. The number of carbonyl (C=O) groups is 2. The van der Waals surface area contributed by atoms with E-state index in [9.17, 15) is 9.59 Å². The van der Waals surface area contributed by atoms with Crippen LogP contribution in [0.2, 0.25) is 5.02 Å². The van der Waals surface area contributed by atoms with Crippen LogP contribution in [0.15, 0.2) is 18.2 Å². The van der Waals surface area contributed by atoms with Gasteiger partial charge in [0.15, 0.2) is 0 Å². The van der Waals surface area contributed by atoms with Gasteiger partial charge < -0.3 is 9.47 Å². The molecule has 1 rings (SSSR count). The van der Waals surface area contributed by atoms with Gasteiger partial charge in [-0.3, -0.25) is 4.79 Å². The Morgan fingerprint density at radius 3 is 2.47 bits per heavy atom. The van der Waals surface area contributed by atoms with Crippen molar-refractivity contribution < 1.29 is 19.1 Å². The summed E-state index contributed by atoms with van der Waals surface area (Å²) in [5, 5.41) is 0.525. The van der Waals surface area contributed by atoms with Gasteiger partial charge in [0.25, 0.3) is 0 Å². The van der Waals surface area contributed by atoms with E-state index in [0.717, 1.165) is 5.56 Å². The largest absolute Gasteiger partial charge is 0.466 e. The van der Waals surface area contributed by atoms with Crippen LogP contribution >= 0.6 is 11.6 Å². The van der Waals surface area contributed by atoms with Crippen molar-refractivity contribution in [3.8, 4) is 0 Å². The molecule has 0 bridgehead atoms. The number of rotatable bonds is 6. The second kappa shape index (κ2) is 7.79. The SMILES string of the molecule is CCOC(=O)CCc1cc(C(=O)OCC)ccc1Cl. The van der Waals surface area contributed by atoms with Crippen molar-refractivity contribution in [3.05, 3.63) is 34.3 Å². The number of esters is 2. The Kier molecular flexibility index (Phi) is 6.36. The average molecular weight is 285 g/mol. The van der Waals surface area contributed by atoms with Crippen molar-refractivity contribution in [1.82, 2.24) is 0 Å². The molecule has 0 radical (unpaired) electrons. The monoisotopic (exact) mass is 284 g/mol. The molecule has 0 spiro atoms. The zero-order valence-corrected chi connectivity index (χ0v) is 11.8. The first kappa shape index (κ1) is 15.5. The highest BCUT2D eigenvalue weighted by molar-refractivity contribution is 6.31. The number of carbonyl (C=O) groups excluding carboxylic acids is 2. The van der Waals surface area contributed by atoms with Gasteiger partial charge in [-0.15, -0.1) is 0 Å². The summed E-state index contributed by atoms with van der Waals surface area (Å²) in [6.45, 7) is 4.18. The molecule has 0 aliphatic carbocycles. The number of benzene rings is 1. The molecule has 0 fully saturated rings. The quantitative estimate of drug-likeness (QED) is 0.754. The van der Waals surface area contributed by atoms with Gasteiger partial charge in [-0.25, -0.2) is 4.79 Å². The third kappa shape index (κ3) is 4.91. The summed E-state index contributed by atoms with van der Waals surface area (Å²) in [7, 11) is 0. The first-order chi connectivity index (χ1) is 9.08. The molecule has 0 aromatic heterocycles. The van der Waals surface area contributed by atoms with Crippen LogP contribution in [0.4, 0.5) is 0 Å². The fraction of sp³-hybridized carbons (Fsp3) is 0.429. The molecule has 104 valence electrons. The number of hydrogen-bond acceptors (Lipinski definition) is 4. The lowest BCUT2D eigenvalue weighted by Crippen LogP contribution is -2.07. The van der Waals surface area contributed by atoms with Crippen molar-refractivity contribution in [2.75, 3.05) is 13.2 Å². The second-order valence-electron chi connectivity index (χ2n) is 3.83. The summed E-state index contributed by atoms with van der Waals surface area (Å²) >= 11 is 6.03. The Balaban J connectivity index is 2.74. The van der Waals surface area contributed by atoms with Crippen LogP contribution in [0.25, 0.3) is 0 Å². The summed E-state index contributed by atoms with van der Waals surface area (Å²) in [5.74, 6) is -0.670. The highest BCUT2D eigenvalue weighted by Gasteiger charge is 2.11. The zero-order valence-electron chi connectivity index (χ0n) is 11.1. The van der Waals surface area contributed by atoms with E-state index in [-0.39, 0.29) is 12.4 Å². The van der Waals surface area contributed by atoms with Crippen LogP contribution < -0.4 is 0 Å². The van der Waals surface area contributed by atoms with E-state index < -0.39 is 5.97 Å². The lowest BCUT2D eigenvalue weighted by atomic mass is 10.1. The van der Waals surface area contributed by atoms with Crippen molar-refractivity contribution in [2.45, 2.75) is 26.7 Å². The van der Waals surface area contributed by atoms with Crippen molar-refractivity contribution in [1.29, 1.82) is 0 Å². The van der Waals surface area contributed by atoms with E-state index in [1.54, 1.807) is 32.0 Å². The van der Waals surface area contributed by atoms with E-state index in [4.69, 9.17) is 21.1 Å². The summed E-state index contributed by atoms with van der Waals surface area (Å²) in [6, 6.07) is 4.89. The molecule has 5 heteroatoms. The average Bonchev–Trinajstić information content (AvgIpc) is 2.38. The molecule has 19 heavy (non-hydrogen) atoms. The minimum absolute atomic E-state index is 0.236. The van der Waals surface area contributed by atoms with Gasteiger partial charge in [0.2, 0.25) is 0 Å². The molecule has 0 heterocycles. The first-order valence-electron chi connectivity index (χ1n) is 6.19. The third-order valence-electron chi connectivity index (χ3n) is 2.46. The molecule has 4 nitrogen and oxygen atoms in total. The Labute approximate surface area is 117 Å². The Morgan fingerprint density at radius 2 is 1.84 bits per heavy atom. The van der Waals surface area contributed by atoms with E-state index >= 15 is 0 Å². The van der Waals surface area contributed by atoms with Crippen LogP contribution in [0, 0.1) is 0 Å². The molecule has 0 aliphatic heterocycles. The molecule has 0 amide bonds. The maximum Gasteiger partial charge on any atom is 0.338 e. The number of ether oxygens (including phenoxy) is 2. The molecular weight excluding hydrogens is 268 g/mol. The minimum atomic E-state index is -0.392. The summed E-state index contributed by atoms with van der Waals surface area (Å²) in [5.41, 5.74) is 1.17. The summed E-state index contributed by atoms with van der Waals surface area (Å²) < 4.78 is 9.76. The van der Waals surface area contributed by atoms with Gasteiger partial charge in [0.1, 0.15) is 0 Å². The molecule has 0 atom stereocenters. The highest BCUT2D eigenvalue weighted by Crippen LogP contribution is 2.20. The van der Waals surface area contributed by atoms with Crippen LogP contribution in [0.3, 0.4) is 0 Å². The fourth-order valence-electron chi connectivity index (χ4n) is 1.58. The summed E-state index contributed by atoms with van der Waals surface area (Å²) in [6.07, 6.45) is 0.671. The molecule has 0 aliphatic rings. The predicted molar refractivity (Wildman–Crippen MR) is 72.4 cm³/mol. The van der Waals surface area contributed by atoms with Gasteiger partial charge >= 0.3 is 11.9 Å². The van der Waals surface area contributed by atoms with Crippen molar-refractivity contribution in [3.63, 3.8) is 0 Å².